The summed E-state index contributed by atoms with van der Waals surface area (Å²) < 4.78 is 0. The Bertz CT molecular complexity index is 706. The number of carbonyl (C=O) groups excluding carboxylic acids is 2. The maximum Gasteiger partial charge on any atom is 0.253 e. The maximum absolute atomic E-state index is 12.6. The topological polar surface area (TPSA) is 49.4 Å². The average molecular weight is 338 g/mol. The van der Waals surface area contributed by atoms with Gasteiger partial charge in [0.2, 0.25) is 0 Å². The van der Waals surface area contributed by atoms with Gasteiger partial charge in [-0.15, -0.1) is 0 Å². The van der Waals surface area contributed by atoms with E-state index in [2.05, 4.69) is 12.2 Å². The molecular formula is C21H26N2O2. The summed E-state index contributed by atoms with van der Waals surface area (Å²) in [6, 6.07) is 15.2. The molecule has 0 aliphatic heterocycles. The molecule has 0 bridgehead atoms. The smallest absolute Gasteiger partial charge is 0.253 e. The summed E-state index contributed by atoms with van der Waals surface area (Å²) >= 11 is 0. The van der Waals surface area contributed by atoms with Crippen LogP contribution in [0.25, 0.3) is 0 Å². The molecule has 2 aromatic carbocycles. The number of aryl methyl sites for hydroxylation is 1. The number of nitrogens with zero attached hydrogens (tertiary/aromatic N) is 1. The van der Waals surface area contributed by atoms with Gasteiger partial charge >= 0.3 is 0 Å². The van der Waals surface area contributed by atoms with Gasteiger partial charge in [-0.25, -0.2) is 0 Å². The monoisotopic (exact) mass is 338 g/mol. The minimum Gasteiger partial charge on any atom is -0.355 e. The molecule has 0 saturated carbocycles. The van der Waals surface area contributed by atoms with Crippen LogP contribution in [0.15, 0.2) is 48.5 Å². The van der Waals surface area contributed by atoms with Crippen LogP contribution in [0.1, 0.15) is 51.6 Å². The van der Waals surface area contributed by atoms with Crippen molar-refractivity contribution in [3.8, 4) is 0 Å². The molecule has 25 heavy (non-hydrogen) atoms. The predicted molar refractivity (Wildman–Crippen MR) is 101 cm³/mol. The first kappa shape index (κ1) is 18.7. The molecule has 1 N–H and O–H groups in total. The van der Waals surface area contributed by atoms with E-state index in [4.69, 9.17) is 0 Å². The van der Waals surface area contributed by atoms with Crippen molar-refractivity contribution in [1.29, 1.82) is 0 Å². The van der Waals surface area contributed by atoms with E-state index in [1.807, 2.05) is 36.4 Å². The van der Waals surface area contributed by atoms with Gasteiger partial charge in [0, 0.05) is 31.8 Å². The summed E-state index contributed by atoms with van der Waals surface area (Å²) in [5.74, 6) is -0.114. The molecule has 0 aliphatic rings. The molecule has 132 valence electrons. The third-order valence-corrected chi connectivity index (χ3v) is 4.23. The Labute approximate surface area is 149 Å². The fourth-order valence-electron chi connectivity index (χ4n) is 2.67. The third kappa shape index (κ3) is 5.18. The largest absolute Gasteiger partial charge is 0.355 e. The minimum atomic E-state index is -0.112. The summed E-state index contributed by atoms with van der Waals surface area (Å²) in [4.78, 5) is 25.8. The number of carbonyl (C=O) groups is 2. The van der Waals surface area contributed by atoms with Gasteiger partial charge in [-0.2, -0.15) is 0 Å². The summed E-state index contributed by atoms with van der Waals surface area (Å²) in [5.41, 5.74) is 3.57. The van der Waals surface area contributed by atoms with Gasteiger partial charge < -0.3 is 10.2 Å². The lowest BCUT2D eigenvalue weighted by Gasteiger charge is -2.18. The molecule has 0 atom stereocenters. The molecule has 0 spiro atoms. The molecule has 0 saturated heterocycles. The number of benzene rings is 2. The van der Waals surface area contributed by atoms with E-state index in [0.717, 1.165) is 12.0 Å². The fraction of sp³-hybridized carbons (Fsp3) is 0.333. The Hall–Kier alpha value is -2.62. The Kier molecular flexibility index (Phi) is 6.75. The van der Waals surface area contributed by atoms with Crippen molar-refractivity contribution in [3.05, 3.63) is 70.8 Å². The van der Waals surface area contributed by atoms with Crippen LogP contribution in [0.2, 0.25) is 0 Å². The zero-order chi connectivity index (χ0) is 18.2. The second-order valence-corrected chi connectivity index (χ2v) is 6.24. The van der Waals surface area contributed by atoms with E-state index in [1.54, 1.807) is 31.1 Å². The molecule has 2 amide bonds. The lowest BCUT2D eigenvalue weighted by Crippen LogP contribution is -2.26. The van der Waals surface area contributed by atoms with Gasteiger partial charge in [0.15, 0.2) is 0 Å². The molecular weight excluding hydrogens is 312 g/mol. The molecule has 2 rings (SSSR count). The Morgan fingerprint density at radius 1 is 0.920 bits per heavy atom. The molecule has 0 radical (unpaired) electrons. The standard InChI is InChI=1S/C21H26N2O2/c1-4-5-6-16-7-13-19(14-8-16)21(25)23(3)15-17-9-11-18(12-10-17)20(24)22-2/h7-14H,4-6,15H2,1-3H3,(H,22,24). The molecule has 0 heterocycles. The first-order valence-electron chi connectivity index (χ1n) is 8.70. The third-order valence-electron chi connectivity index (χ3n) is 4.23. The van der Waals surface area contributed by atoms with E-state index in [9.17, 15) is 9.59 Å². The lowest BCUT2D eigenvalue weighted by molar-refractivity contribution is 0.0784. The van der Waals surface area contributed by atoms with Crippen molar-refractivity contribution in [3.63, 3.8) is 0 Å². The minimum absolute atomic E-state index is 0.00239. The molecule has 0 unspecified atom stereocenters. The van der Waals surface area contributed by atoms with Crippen molar-refractivity contribution < 1.29 is 9.59 Å². The van der Waals surface area contributed by atoms with Gasteiger partial charge in [-0.3, -0.25) is 9.59 Å². The zero-order valence-corrected chi connectivity index (χ0v) is 15.2. The number of rotatable bonds is 7. The van der Waals surface area contributed by atoms with E-state index < -0.39 is 0 Å². The summed E-state index contributed by atoms with van der Waals surface area (Å²) in [6.07, 6.45) is 3.39. The Morgan fingerprint density at radius 2 is 1.48 bits per heavy atom. The van der Waals surface area contributed by atoms with Crippen molar-refractivity contribution in [1.82, 2.24) is 10.2 Å². The van der Waals surface area contributed by atoms with Gasteiger partial charge in [0.1, 0.15) is 0 Å². The Morgan fingerprint density at radius 3 is 2.04 bits per heavy atom. The highest BCUT2D eigenvalue weighted by Gasteiger charge is 2.12. The fourth-order valence-corrected chi connectivity index (χ4v) is 2.67. The van der Waals surface area contributed by atoms with Crippen molar-refractivity contribution in [2.75, 3.05) is 14.1 Å². The van der Waals surface area contributed by atoms with Crippen LogP contribution in [0.5, 0.6) is 0 Å². The quantitative estimate of drug-likeness (QED) is 0.837. The molecule has 0 aromatic heterocycles. The number of nitrogens with one attached hydrogen (secondary N) is 1. The molecule has 4 heteroatoms. The highest BCUT2D eigenvalue weighted by atomic mass is 16.2. The van der Waals surface area contributed by atoms with Crippen LogP contribution in [0, 0.1) is 0 Å². The van der Waals surface area contributed by atoms with E-state index in [1.165, 1.54) is 18.4 Å². The first-order chi connectivity index (χ1) is 12.0. The SMILES string of the molecule is CCCCc1ccc(C(=O)N(C)Cc2ccc(C(=O)NC)cc2)cc1. The van der Waals surface area contributed by atoms with Crippen LogP contribution in [-0.4, -0.2) is 30.8 Å². The van der Waals surface area contributed by atoms with Gasteiger partial charge in [-0.05, 0) is 48.2 Å². The molecule has 4 nitrogen and oxygen atoms in total. The second kappa shape index (κ2) is 9.02. The maximum atomic E-state index is 12.6. The van der Waals surface area contributed by atoms with Crippen molar-refractivity contribution in [2.24, 2.45) is 0 Å². The zero-order valence-electron chi connectivity index (χ0n) is 15.2. The van der Waals surface area contributed by atoms with Crippen molar-refractivity contribution >= 4 is 11.8 Å². The number of hydrogen-bond donors (Lipinski definition) is 1. The number of unbranched alkanes of at least 4 members (excludes halogenated alkanes) is 1. The average Bonchev–Trinajstić information content (AvgIpc) is 2.66. The first-order valence-corrected chi connectivity index (χ1v) is 8.70. The Balaban J connectivity index is 1.98. The second-order valence-electron chi connectivity index (χ2n) is 6.24. The van der Waals surface area contributed by atoms with Crippen molar-refractivity contribution in [2.45, 2.75) is 32.7 Å². The molecule has 0 aliphatic carbocycles. The van der Waals surface area contributed by atoms with E-state index in [0.29, 0.717) is 17.7 Å². The van der Waals surface area contributed by atoms with Crippen LogP contribution < -0.4 is 5.32 Å². The summed E-state index contributed by atoms with van der Waals surface area (Å²) in [6.45, 7) is 2.68. The molecule has 0 fully saturated rings. The summed E-state index contributed by atoms with van der Waals surface area (Å²) in [7, 11) is 3.40. The van der Waals surface area contributed by atoms with Crippen LogP contribution in [-0.2, 0) is 13.0 Å². The van der Waals surface area contributed by atoms with Crippen LogP contribution >= 0.6 is 0 Å². The van der Waals surface area contributed by atoms with Crippen LogP contribution in [0.3, 0.4) is 0 Å². The van der Waals surface area contributed by atoms with E-state index >= 15 is 0 Å². The molecule has 2 aromatic rings. The van der Waals surface area contributed by atoms with E-state index in [-0.39, 0.29) is 11.8 Å². The highest BCUT2D eigenvalue weighted by molar-refractivity contribution is 5.94. The van der Waals surface area contributed by atoms with Gasteiger partial charge in [-0.1, -0.05) is 37.6 Å². The van der Waals surface area contributed by atoms with Gasteiger partial charge in [0.05, 0.1) is 0 Å². The lowest BCUT2D eigenvalue weighted by atomic mass is 10.1. The normalized spacial score (nSPS) is 10.4. The number of hydrogen-bond acceptors (Lipinski definition) is 2. The van der Waals surface area contributed by atoms with Gasteiger partial charge in [0.25, 0.3) is 11.8 Å². The predicted octanol–water partition coefficient (Wildman–Crippen LogP) is 3.66. The summed E-state index contributed by atoms with van der Waals surface area (Å²) in [5, 5.41) is 2.59. The number of amides is 2. The van der Waals surface area contributed by atoms with Crippen LogP contribution in [0.4, 0.5) is 0 Å². The highest BCUT2D eigenvalue weighted by Crippen LogP contribution is 2.12.